The Morgan fingerprint density at radius 1 is 1.31 bits per heavy atom. The summed E-state index contributed by atoms with van der Waals surface area (Å²) >= 11 is 0. The van der Waals surface area contributed by atoms with Gasteiger partial charge in [0, 0.05) is 18.7 Å². The van der Waals surface area contributed by atoms with Crippen molar-refractivity contribution < 1.29 is 10.2 Å². The second kappa shape index (κ2) is 5.58. The molecule has 0 aromatic carbocycles. The average Bonchev–Trinajstić information content (AvgIpc) is 2.09. The number of rotatable bonds is 4. The lowest BCUT2D eigenvalue weighted by Crippen LogP contribution is -2.40. The van der Waals surface area contributed by atoms with Gasteiger partial charge in [-0.15, -0.1) is 0 Å². The molecule has 0 amide bonds. The first-order valence-electron chi connectivity index (χ1n) is 5.27. The van der Waals surface area contributed by atoms with Crippen LogP contribution in [0.1, 0.15) is 39.0 Å². The first-order valence-corrected chi connectivity index (χ1v) is 5.27. The monoisotopic (exact) mass is 187 g/mol. The lowest BCUT2D eigenvalue weighted by molar-refractivity contribution is 0.113. The summed E-state index contributed by atoms with van der Waals surface area (Å²) in [6.07, 6.45) is 4.71. The van der Waals surface area contributed by atoms with E-state index in [0.717, 1.165) is 32.1 Å². The summed E-state index contributed by atoms with van der Waals surface area (Å²) in [5.74, 6) is 0. The molecule has 78 valence electrons. The predicted molar refractivity (Wildman–Crippen MR) is 52.6 cm³/mol. The standard InChI is InChI=1S/C10H21NO2/c1-8(6-7-12)11-9-2-4-10(13)5-3-9/h8-13H,2-7H2,1H3. The van der Waals surface area contributed by atoms with Gasteiger partial charge in [-0.3, -0.25) is 0 Å². The Morgan fingerprint density at radius 3 is 2.46 bits per heavy atom. The molecule has 0 bridgehead atoms. The van der Waals surface area contributed by atoms with E-state index < -0.39 is 0 Å². The number of hydrogen-bond donors (Lipinski definition) is 3. The van der Waals surface area contributed by atoms with Crippen LogP contribution in [0, 0.1) is 0 Å². The Morgan fingerprint density at radius 2 is 1.92 bits per heavy atom. The number of aliphatic hydroxyl groups excluding tert-OH is 2. The minimum absolute atomic E-state index is 0.0776. The molecule has 1 saturated carbocycles. The molecular weight excluding hydrogens is 166 g/mol. The van der Waals surface area contributed by atoms with Gasteiger partial charge < -0.3 is 15.5 Å². The summed E-state index contributed by atoms with van der Waals surface area (Å²) in [6.45, 7) is 2.35. The molecule has 13 heavy (non-hydrogen) atoms. The fourth-order valence-electron chi connectivity index (χ4n) is 1.92. The highest BCUT2D eigenvalue weighted by Crippen LogP contribution is 2.18. The van der Waals surface area contributed by atoms with Gasteiger partial charge in [-0.2, -0.15) is 0 Å². The molecule has 1 rings (SSSR count). The molecule has 0 aliphatic heterocycles. The van der Waals surface area contributed by atoms with Gasteiger partial charge in [0.25, 0.3) is 0 Å². The first-order chi connectivity index (χ1) is 6.22. The molecule has 0 heterocycles. The van der Waals surface area contributed by atoms with Crippen molar-refractivity contribution in [2.45, 2.75) is 57.2 Å². The van der Waals surface area contributed by atoms with E-state index in [0.29, 0.717) is 12.1 Å². The van der Waals surface area contributed by atoms with E-state index in [2.05, 4.69) is 12.2 Å². The van der Waals surface area contributed by atoms with Crippen LogP contribution in [0.4, 0.5) is 0 Å². The van der Waals surface area contributed by atoms with Gasteiger partial charge in [-0.05, 0) is 39.0 Å². The molecule has 0 spiro atoms. The van der Waals surface area contributed by atoms with Crippen molar-refractivity contribution in [2.75, 3.05) is 6.61 Å². The molecule has 0 aromatic heterocycles. The van der Waals surface area contributed by atoms with E-state index in [-0.39, 0.29) is 12.7 Å². The van der Waals surface area contributed by atoms with Crippen molar-refractivity contribution >= 4 is 0 Å². The van der Waals surface area contributed by atoms with Gasteiger partial charge in [0.05, 0.1) is 6.10 Å². The summed E-state index contributed by atoms with van der Waals surface area (Å²) < 4.78 is 0. The highest BCUT2D eigenvalue weighted by Gasteiger charge is 2.19. The molecule has 0 aromatic rings. The van der Waals surface area contributed by atoms with Crippen LogP contribution >= 0.6 is 0 Å². The van der Waals surface area contributed by atoms with Gasteiger partial charge in [0.15, 0.2) is 0 Å². The summed E-state index contributed by atoms with van der Waals surface area (Å²) in [5, 5.41) is 21.5. The lowest BCUT2D eigenvalue weighted by atomic mass is 9.92. The normalized spacial score (nSPS) is 31.6. The van der Waals surface area contributed by atoms with Gasteiger partial charge in [0.1, 0.15) is 0 Å². The minimum Gasteiger partial charge on any atom is -0.396 e. The Bertz CT molecular complexity index is 133. The van der Waals surface area contributed by atoms with Crippen LogP contribution in [-0.4, -0.2) is 35.0 Å². The molecule has 0 radical (unpaired) electrons. The molecule has 0 saturated heterocycles. The summed E-state index contributed by atoms with van der Waals surface area (Å²) in [7, 11) is 0. The highest BCUT2D eigenvalue weighted by molar-refractivity contribution is 4.78. The van der Waals surface area contributed by atoms with Crippen molar-refractivity contribution in [3.63, 3.8) is 0 Å². The maximum absolute atomic E-state index is 9.30. The average molecular weight is 187 g/mol. The molecule has 1 aliphatic carbocycles. The fourth-order valence-corrected chi connectivity index (χ4v) is 1.92. The first kappa shape index (κ1) is 11.0. The summed E-state index contributed by atoms with van der Waals surface area (Å²) in [6, 6.07) is 0.940. The van der Waals surface area contributed by atoms with Crippen LogP contribution in [0.5, 0.6) is 0 Å². The third-order valence-electron chi connectivity index (χ3n) is 2.78. The number of hydrogen-bond acceptors (Lipinski definition) is 3. The predicted octanol–water partition coefficient (Wildman–Crippen LogP) is 0.650. The smallest absolute Gasteiger partial charge is 0.0541 e. The van der Waals surface area contributed by atoms with Gasteiger partial charge in [-0.1, -0.05) is 0 Å². The van der Waals surface area contributed by atoms with Gasteiger partial charge >= 0.3 is 0 Å². The molecule has 3 heteroatoms. The molecule has 3 N–H and O–H groups in total. The second-order valence-electron chi connectivity index (χ2n) is 4.09. The van der Waals surface area contributed by atoms with Crippen molar-refractivity contribution in [1.82, 2.24) is 5.32 Å². The Labute approximate surface area is 80.2 Å². The van der Waals surface area contributed by atoms with E-state index in [4.69, 9.17) is 5.11 Å². The molecule has 1 unspecified atom stereocenters. The van der Waals surface area contributed by atoms with Crippen LogP contribution in [0.3, 0.4) is 0 Å². The van der Waals surface area contributed by atoms with E-state index in [9.17, 15) is 5.11 Å². The fraction of sp³-hybridized carbons (Fsp3) is 1.00. The van der Waals surface area contributed by atoms with Crippen molar-refractivity contribution in [3.8, 4) is 0 Å². The van der Waals surface area contributed by atoms with E-state index in [1.165, 1.54) is 0 Å². The van der Waals surface area contributed by atoms with Gasteiger partial charge in [-0.25, -0.2) is 0 Å². The minimum atomic E-state index is -0.0776. The van der Waals surface area contributed by atoms with Crippen LogP contribution < -0.4 is 5.32 Å². The lowest BCUT2D eigenvalue weighted by Gasteiger charge is -2.28. The maximum Gasteiger partial charge on any atom is 0.0541 e. The number of aliphatic hydroxyl groups is 2. The third kappa shape index (κ3) is 4.07. The van der Waals surface area contributed by atoms with Crippen LogP contribution in [0.25, 0.3) is 0 Å². The Kier molecular flexibility index (Phi) is 4.70. The summed E-state index contributed by atoms with van der Waals surface area (Å²) in [4.78, 5) is 0. The quantitative estimate of drug-likeness (QED) is 0.605. The van der Waals surface area contributed by atoms with Crippen LogP contribution in [0.2, 0.25) is 0 Å². The zero-order valence-corrected chi connectivity index (χ0v) is 8.37. The van der Waals surface area contributed by atoms with Crippen molar-refractivity contribution in [1.29, 1.82) is 0 Å². The zero-order chi connectivity index (χ0) is 9.68. The van der Waals surface area contributed by atoms with E-state index in [1.807, 2.05) is 0 Å². The Hall–Kier alpha value is -0.120. The summed E-state index contributed by atoms with van der Waals surface area (Å²) in [5.41, 5.74) is 0. The van der Waals surface area contributed by atoms with E-state index >= 15 is 0 Å². The van der Waals surface area contributed by atoms with E-state index in [1.54, 1.807) is 0 Å². The molecule has 3 nitrogen and oxygen atoms in total. The third-order valence-corrected chi connectivity index (χ3v) is 2.78. The second-order valence-corrected chi connectivity index (χ2v) is 4.09. The van der Waals surface area contributed by atoms with Crippen molar-refractivity contribution in [2.24, 2.45) is 0 Å². The number of nitrogens with one attached hydrogen (secondary N) is 1. The largest absolute Gasteiger partial charge is 0.396 e. The molecular formula is C10H21NO2. The zero-order valence-electron chi connectivity index (χ0n) is 8.37. The molecule has 1 aliphatic rings. The van der Waals surface area contributed by atoms with Crippen molar-refractivity contribution in [3.05, 3.63) is 0 Å². The topological polar surface area (TPSA) is 52.5 Å². The SMILES string of the molecule is CC(CCO)NC1CCC(O)CC1. The Balaban J connectivity index is 2.14. The highest BCUT2D eigenvalue weighted by atomic mass is 16.3. The molecule has 1 fully saturated rings. The van der Waals surface area contributed by atoms with Crippen LogP contribution in [0.15, 0.2) is 0 Å². The van der Waals surface area contributed by atoms with Gasteiger partial charge in [0.2, 0.25) is 0 Å². The maximum atomic E-state index is 9.30. The molecule has 1 atom stereocenters. The van der Waals surface area contributed by atoms with Crippen LogP contribution in [-0.2, 0) is 0 Å².